The molecule has 1 aliphatic rings. The Balaban J connectivity index is 1.90. The Kier molecular flexibility index (Phi) is 3.22. The number of rotatable bonds is 2. The van der Waals surface area contributed by atoms with Crippen molar-refractivity contribution in [3.63, 3.8) is 0 Å². The third kappa shape index (κ3) is 2.10. The lowest BCUT2D eigenvalue weighted by Crippen LogP contribution is -2.38. The van der Waals surface area contributed by atoms with E-state index in [1.54, 1.807) is 0 Å². The van der Waals surface area contributed by atoms with Crippen LogP contribution in [-0.4, -0.2) is 39.1 Å². The lowest BCUT2D eigenvalue weighted by molar-refractivity contribution is 0.182. The van der Waals surface area contributed by atoms with E-state index in [9.17, 15) is 0 Å². The maximum atomic E-state index is 6.23. The predicted molar refractivity (Wildman–Crippen MR) is 72.0 cm³/mol. The zero-order chi connectivity index (χ0) is 12.5. The van der Waals surface area contributed by atoms with E-state index in [2.05, 4.69) is 22.1 Å². The molecule has 4 nitrogen and oxygen atoms in total. The molecule has 5 heteroatoms. The molecule has 3 rings (SSSR count). The smallest absolute Gasteiger partial charge is 0.161 e. The van der Waals surface area contributed by atoms with Gasteiger partial charge in [-0.1, -0.05) is 24.1 Å². The zero-order valence-corrected chi connectivity index (χ0v) is 11.3. The van der Waals surface area contributed by atoms with Gasteiger partial charge in [0.2, 0.25) is 0 Å². The fourth-order valence-electron chi connectivity index (χ4n) is 2.70. The molecule has 0 amide bonds. The highest BCUT2D eigenvalue weighted by Gasteiger charge is 2.21. The molecule has 0 bridgehead atoms. The van der Waals surface area contributed by atoms with Crippen LogP contribution in [0.1, 0.15) is 25.1 Å². The Hall–Kier alpha value is -1.13. The summed E-state index contributed by atoms with van der Waals surface area (Å²) in [5.74, 6) is 0.967. The molecule has 1 aliphatic heterocycles. The summed E-state index contributed by atoms with van der Waals surface area (Å²) < 4.78 is 1.95. The Morgan fingerprint density at radius 1 is 1.33 bits per heavy atom. The second-order valence-electron chi connectivity index (χ2n) is 4.99. The first kappa shape index (κ1) is 11.9. The van der Waals surface area contributed by atoms with Crippen LogP contribution in [0.5, 0.6) is 0 Å². The Bertz CT molecular complexity index is 551. The second-order valence-corrected chi connectivity index (χ2v) is 5.38. The van der Waals surface area contributed by atoms with Gasteiger partial charge in [0, 0.05) is 12.5 Å². The van der Waals surface area contributed by atoms with E-state index in [0.717, 1.165) is 17.9 Å². The minimum atomic E-state index is 0.558. The fraction of sp³-hybridized carbons (Fsp3) is 0.538. The summed E-state index contributed by atoms with van der Waals surface area (Å²) in [6.07, 6.45) is 4.76. The van der Waals surface area contributed by atoms with Crippen LogP contribution in [0.2, 0.25) is 5.15 Å². The Morgan fingerprint density at radius 2 is 2.22 bits per heavy atom. The predicted octanol–water partition coefficient (Wildman–Crippen LogP) is 2.41. The van der Waals surface area contributed by atoms with Crippen molar-refractivity contribution in [1.29, 1.82) is 0 Å². The van der Waals surface area contributed by atoms with Crippen molar-refractivity contribution in [2.75, 3.05) is 13.6 Å². The topological polar surface area (TPSA) is 33.4 Å². The van der Waals surface area contributed by atoms with Crippen molar-refractivity contribution in [2.45, 2.75) is 31.7 Å². The maximum Gasteiger partial charge on any atom is 0.161 e. The molecular formula is C13H17ClN4. The first-order valence-corrected chi connectivity index (χ1v) is 6.82. The number of fused-ring (bicyclic) bond motifs is 1. The largest absolute Gasteiger partial charge is 0.303 e. The van der Waals surface area contributed by atoms with Crippen LogP contribution in [0.25, 0.3) is 5.65 Å². The lowest BCUT2D eigenvalue weighted by atomic mass is 10.00. The van der Waals surface area contributed by atoms with Crippen molar-refractivity contribution >= 4 is 17.2 Å². The Morgan fingerprint density at radius 3 is 3.06 bits per heavy atom. The summed E-state index contributed by atoms with van der Waals surface area (Å²) in [6.45, 7) is 1.18. The van der Waals surface area contributed by atoms with E-state index in [4.69, 9.17) is 11.6 Å². The average molecular weight is 265 g/mol. The van der Waals surface area contributed by atoms with Crippen LogP contribution in [0.4, 0.5) is 0 Å². The summed E-state index contributed by atoms with van der Waals surface area (Å²) in [7, 11) is 2.19. The number of halogens is 1. The molecule has 1 saturated heterocycles. The molecule has 0 aliphatic carbocycles. The van der Waals surface area contributed by atoms with Gasteiger partial charge >= 0.3 is 0 Å². The molecule has 3 heterocycles. The van der Waals surface area contributed by atoms with Gasteiger partial charge in [0.05, 0.1) is 0 Å². The number of piperidine rings is 1. The molecule has 0 aromatic carbocycles. The number of aromatic nitrogens is 3. The van der Waals surface area contributed by atoms with Gasteiger partial charge in [-0.15, -0.1) is 10.2 Å². The zero-order valence-electron chi connectivity index (χ0n) is 10.5. The maximum absolute atomic E-state index is 6.23. The summed E-state index contributed by atoms with van der Waals surface area (Å²) in [4.78, 5) is 2.42. The number of hydrogen-bond donors (Lipinski definition) is 0. The van der Waals surface area contributed by atoms with Crippen LogP contribution >= 0.6 is 11.6 Å². The average Bonchev–Trinajstić information content (AvgIpc) is 2.77. The standard InChI is InChI=1S/C13H17ClN4/c1-17-8-3-2-5-10(17)9-13-16-15-12-7-4-6-11(14)18(12)13/h4,6-7,10H,2-3,5,8-9H2,1H3. The van der Waals surface area contributed by atoms with Crippen molar-refractivity contribution in [1.82, 2.24) is 19.5 Å². The Labute approximate surface area is 112 Å². The van der Waals surface area contributed by atoms with Crippen molar-refractivity contribution < 1.29 is 0 Å². The van der Waals surface area contributed by atoms with E-state index < -0.39 is 0 Å². The third-order valence-electron chi connectivity index (χ3n) is 3.79. The van der Waals surface area contributed by atoms with Gasteiger partial charge in [-0.05, 0) is 38.6 Å². The first-order chi connectivity index (χ1) is 8.75. The lowest BCUT2D eigenvalue weighted by Gasteiger charge is -2.31. The number of likely N-dealkylation sites (N-methyl/N-ethyl adjacent to an activating group) is 1. The molecule has 18 heavy (non-hydrogen) atoms. The summed E-state index contributed by atoms with van der Waals surface area (Å²) in [5, 5.41) is 9.15. The molecule has 96 valence electrons. The SMILES string of the molecule is CN1CCCCC1Cc1nnc2cccc(Cl)n12. The van der Waals surface area contributed by atoms with Gasteiger partial charge in [-0.2, -0.15) is 0 Å². The first-order valence-electron chi connectivity index (χ1n) is 6.44. The summed E-state index contributed by atoms with van der Waals surface area (Å²) in [5.41, 5.74) is 0.830. The molecule has 0 radical (unpaired) electrons. The molecule has 1 unspecified atom stereocenters. The minimum Gasteiger partial charge on any atom is -0.303 e. The number of nitrogens with zero attached hydrogens (tertiary/aromatic N) is 4. The fourth-order valence-corrected chi connectivity index (χ4v) is 2.96. The number of hydrogen-bond acceptors (Lipinski definition) is 3. The molecule has 0 saturated carbocycles. The van der Waals surface area contributed by atoms with E-state index in [-0.39, 0.29) is 0 Å². The monoisotopic (exact) mass is 264 g/mol. The normalized spacial score (nSPS) is 21.6. The van der Waals surface area contributed by atoms with Gasteiger partial charge in [-0.3, -0.25) is 4.40 Å². The van der Waals surface area contributed by atoms with Crippen LogP contribution < -0.4 is 0 Å². The second kappa shape index (κ2) is 4.86. The third-order valence-corrected chi connectivity index (χ3v) is 4.08. The summed E-state index contributed by atoms with van der Waals surface area (Å²) in [6, 6.07) is 6.28. The van der Waals surface area contributed by atoms with E-state index >= 15 is 0 Å². The summed E-state index contributed by atoms with van der Waals surface area (Å²) >= 11 is 6.23. The van der Waals surface area contributed by atoms with Gasteiger partial charge in [0.15, 0.2) is 5.65 Å². The number of pyridine rings is 1. The quantitative estimate of drug-likeness (QED) is 0.781. The van der Waals surface area contributed by atoms with E-state index in [1.807, 2.05) is 22.6 Å². The molecule has 2 aromatic rings. The van der Waals surface area contributed by atoms with Crippen molar-refractivity contribution in [3.8, 4) is 0 Å². The minimum absolute atomic E-state index is 0.558. The number of likely N-dealkylation sites (tertiary alicyclic amines) is 1. The molecule has 2 aromatic heterocycles. The van der Waals surface area contributed by atoms with E-state index in [0.29, 0.717) is 11.2 Å². The van der Waals surface area contributed by atoms with Crippen LogP contribution in [-0.2, 0) is 6.42 Å². The highest BCUT2D eigenvalue weighted by atomic mass is 35.5. The molecular weight excluding hydrogens is 248 g/mol. The van der Waals surface area contributed by atoms with Crippen molar-refractivity contribution in [3.05, 3.63) is 29.2 Å². The molecule has 0 N–H and O–H groups in total. The van der Waals surface area contributed by atoms with Crippen LogP contribution in [0.3, 0.4) is 0 Å². The highest BCUT2D eigenvalue weighted by Crippen LogP contribution is 2.20. The van der Waals surface area contributed by atoms with Crippen molar-refractivity contribution in [2.24, 2.45) is 0 Å². The van der Waals surface area contributed by atoms with Gasteiger partial charge < -0.3 is 4.90 Å². The molecule has 1 fully saturated rings. The van der Waals surface area contributed by atoms with Crippen LogP contribution in [0, 0.1) is 0 Å². The highest BCUT2D eigenvalue weighted by molar-refractivity contribution is 6.29. The van der Waals surface area contributed by atoms with Gasteiger partial charge in [0.25, 0.3) is 0 Å². The van der Waals surface area contributed by atoms with Gasteiger partial charge in [0.1, 0.15) is 11.0 Å². The van der Waals surface area contributed by atoms with Gasteiger partial charge in [-0.25, -0.2) is 0 Å². The molecule has 1 atom stereocenters. The van der Waals surface area contributed by atoms with E-state index in [1.165, 1.54) is 25.8 Å². The van der Waals surface area contributed by atoms with Crippen LogP contribution in [0.15, 0.2) is 18.2 Å². The molecule has 0 spiro atoms.